The van der Waals surface area contributed by atoms with Crippen molar-refractivity contribution in [3.63, 3.8) is 0 Å². The summed E-state index contributed by atoms with van der Waals surface area (Å²) in [6, 6.07) is 0. The van der Waals surface area contributed by atoms with E-state index >= 15 is 0 Å². The van der Waals surface area contributed by atoms with Crippen molar-refractivity contribution >= 4 is 5.97 Å². The summed E-state index contributed by atoms with van der Waals surface area (Å²) in [5, 5.41) is 0. The van der Waals surface area contributed by atoms with E-state index in [9.17, 15) is 4.79 Å². The van der Waals surface area contributed by atoms with Gasteiger partial charge < -0.3 is 4.74 Å². The predicted octanol–water partition coefficient (Wildman–Crippen LogP) is 2.52. The molecule has 0 bridgehead atoms. The van der Waals surface area contributed by atoms with Crippen LogP contribution in [0.4, 0.5) is 0 Å². The van der Waals surface area contributed by atoms with E-state index in [-0.39, 0.29) is 5.97 Å². The molecule has 0 radical (unpaired) electrons. The molecule has 0 aliphatic heterocycles. The van der Waals surface area contributed by atoms with Crippen molar-refractivity contribution in [1.82, 2.24) is 0 Å². The van der Waals surface area contributed by atoms with Crippen LogP contribution in [0.5, 0.6) is 0 Å². The van der Waals surface area contributed by atoms with Gasteiger partial charge in [-0.15, -0.1) is 0 Å². The maximum Gasteiger partial charge on any atom is 0.302 e. The SMILES string of the molecule is C1CCCCC1.COC(C)=O. The zero-order valence-electron chi connectivity index (χ0n) is 7.56. The topological polar surface area (TPSA) is 26.3 Å². The van der Waals surface area contributed by atoms with Gasteiger partial charge in [0.1, 0.15) is 0 Å². The van der Waals surface area contributed by atoms with Crippen molar-refractivity contribution in [2.75, 3.05) is 7.11 Å². The van der Waals surface area contributed by atoms with E-state index in [1.165, 1.54) is 52.6 Å². The number of carbonyl (C=O) groups is 1. The summed E-state index contributed by atoms with van der Waals surface area (Å²) in [6.45, 7) is 1.36. The van der Waals surface area contributed by atoms with Crippen molar-refractivity contribution < 1.29 is 9.53 Å². The third-order valence-corrected chi connectivity index (χ3v) is 1.79. The Kier molecular flexibility index (Phi) is 7.21. The predicted molar refractivity (Wildman–Crippen MR) is 45.4 cm³/mol. The number of rotatable bonds is 0. The fraction of sp³-hybridized carbons (Fsp3) is 0.889. The average molecular weight is 158 g/mol. The molecule has 0 atom stereocenters. The number of esters is 1. The van der Waals surface area contributed by atoms with E-state index in [2.05, 4.69) is 4.74 Å². The van der Waals surface area contributed by atoms with Crippen LogP contribution in [0.25, 0.3) is 0 Å². The van der Waals surface area contributed by atoms with E-state index in [0.29, 0.717) is 0 Å². The lowest BCUT2D eigenvalue weighted by molar-refractivity contribution is -0.137. The van der Waals surface area contributed by atoms with E-state index in [0.717, 1.165) is 0 Å². The Morgan fingerprint density at radius 1 is 1.00 bits per heavy atom. The van der Waals surface area contributed by atoms with Crippen LogP contribution in [0.3, 0.4) is 0 Å². The third kappa shape index (κ3) is 9.47. The molecule has 0 aromatic rings. The van der Waals surface area contributed by atoms with E-state index in [1.54, 1.807) is 0 Å². The van der Waals surface area contributed by atoms with E-state index < -0.39 is 0 Å². The Bertz CT molecular complexity index is 84.2. The van der Waals surface area contributed by atoms with Crippen LogP contribution in [0, 0.1) is 0 Å². The Morgan fingerprint density at radius 2 is 1.18 bits per heavy atom. The number of carbonyl (C=O) groups excluding carboxylic acids is 1. The highest BCUT2D eigenvalue weighted by Crippen LogP contribution is 2.15. The van der Waals surface area contributed by atoms with Gasteiger partial charge in [-0.3, -0.25) is 4.79 Å². The first-order chi connectivity index (χ1) is 5.27. The summed E-state index contributed by atoms with van der Waals surface area (Å²) in [7, 11) is 1.35. The highest BCUT2D eigenvalue weighted by molar-refractivity contribution is 5.65. The largest absolute Gasteiger partial charge is 0.469 e. The second kappa shape index (κ2) is 7.58. The zero-order chi connectivity index (χ0) is 8.53. The van der Waals surface area contributed by atoms with Crippen LogP contribution in [-0.2, 0) is 9.53 Å². The molecule has 2 heteroatoms. The molecule has 1 aliphatic rings. The molecule has 0 unspecified atom stereocenters. The standard InChI is InChI=1S/C6H12.C3H6O2/c1-2-4-6-5-3-1;1-3(4)5-2/h1-6H2;1-2H3. The lowest BCUT2D eigenvalue weighted by Crippen LogP contribution is -1.88. The quantitative estimate of drug-likeness (QED) is 0.506. The highest BCUT2D eigenvalue weighted by atomic mass is 16.5. The molecule has 0 aromatic carbocycles. The molecular weight excluding hydrogens is 140 g/mol. The van der Waals surface area contributed by atoms with Gasteiger partial charge in [-0.25, -0.2) is 0 Å². The van der Waals surface area contributed by atoms with Crippen molar-refractivity contribution in [1.29, 1.82) is 0 Å². The first-order valence-corrected chi connectivity index (χ1v) is 4.32. The van der Waals surface area contributed by atoms with Crippen molar-refractivity contribution in [2.24, 2.45) is 0 Å². The second-order valence-electron chi connectivity index (χ2n) is 2.82. The minimum atomic E-state index is -0.245. The monoisotopic (exact) mass is 158 g/mol. The molecule has 1 rings (SSSR count). The van der Waals surface area contributed by atoms with Crippen molar-refractivity contribution in [2.45, 2.75) is 45.4 Å². The normalized spacial score (nSPS) is 16.2. The summed E-state index contributed by atoms with van der Waals surface area (Å²) < 4.78 is 4.11. The maximum atomic E-state index is 9.59. The van der Waals surface area contributed by atoms with Gasteiger partial charge in [0.2, 0.25) is 0 Å². The summed E-state index contributed by atoms with van der Waals surface area (Å²) in [5.74, 6) is -0.245. The molecule has 1 aliphatic carbocycles. The molecule has 1 fully saturated rings. The van der Waals surface area contributed by atoms with Gasteiger partial charge in [-0.1, -0.05) is 38.5 Å². The summed E-state index contributed by atoms with van der Waals surface area (Å²) in [4.78, 5) is 9.59. The molecule has 0 amide bonds. The van der Waals surface area contributed by atoms with E-state index in [4.69, 9.17) is 0 Å². The first-order valence-electron chi connectivity index (χ1n) is 4.32. The Balaban J connectivity index is 0.000000187. The van der Waals surface area contributed by atoms with Crippen LogP contribution >= 0.6 is 0 Å². The van der Waals surface area contributed by atoms with Gasteiger partial charge in [-0.05, 0) is 0 Å². The summed E-state index contributed by atoms with van der Waals surface area (Å²) in [5.41, 5.74) is 0. The van der Waals surface area contributed by atoms with Gasteiger partial charge in [0.25, 0.3) is 0 Å². The number of ether oxygens (including phenoxy) is 1. The van der Waals surface area contributed by atoms with Crippen LogP contribution in [-0.4, -0.2) is 13.1 Å². The minimum absolute atomic E-state index is 0.245. The Labute approximate surface area is 68.9 Å². The zero-order valence-corrected chi connectivity index (χ0v) is 7.56. The molecule has 66 valence electrons. The smallest absolute Gasteiger partial charge is 0.302 e. The molecule has 0 spiro atoms. The van der Waals surface area contributed by atoms with E-state index in [1.807, 2.05) is 0 Å². The fourth-order valence-electron chi connectivity index (χ4n) is 1.06. The fourth-order valence-corrected chi connectivity index (χ4v) is 1.06. The molecular formula is C9H18O2. The van der Waals surface area contributed by atoms with Crippen LogP contribution in [0.2, 0.25) is 0 Å². The lowest BCUT2D eigenvalue weighted by atomic mass is 10.0. The van der Waals surface area contributed by atoms with Crippen LogP contribution < -0.4 is 0 Å². The van der Waals surface area contributed by atoms with Gasteiger partial charge in [0.05, 0.1) is 7.11 Å². The Morgan fingerprint density at radius 3 is 1.27 bits per heavy atom. The number of methoxy groups -OCH3 is 1. The van der Waals surface area contributed by atoms with Gasteiger partial charge in [-0.2, -0.15) is 0 Å². The molecule has 11 heavy (non-hydrogen) atoms. The molecule has 1 saturated carbocycles. The molecule has 2 nitrogen and oxygen atoms in total. The van der Waals surface area contributed by atoms with Crippen molar-refractivity contribution in [3.8, 4) is 0 Å². The molecule has 0 heterocycles. The van der Waals surface area contributed by atoms with Gasteiger partial charge in [0, 0.05) is 6.92 Å². The second-order valence-corrected chi connectivity index (χ2v) is 2.82. The molecule has 0 saturated heterocycles. The van der Waals surface area contributed by atoms with Crippen molar-refractivity contribution in [3.05, 3.63) is 0 Å². The van der Waals surface area contributed by atoms with Gasteiger partial charge in [0.15, 0.2) is 0 Å². The average Bonchev–Trinajstić information content (AvgIpc) is 2.09. The van der Waals surface area contributed by atoms with Crippen LogP contribution in [0.15, 0.2) is 0 Å². The lowest BCUT2D eigenvalue weighted by Gasteiger charge is -2.05. The van der Waals surface area contributed by atoms with Gasteiger partial charge >= 0.3 is 5.97 Å². The maximum absolute atomic E-state index is 9.59. The molecule has 0 aromatic heterocycles. The molecule has 0 N–H and O–H groups in total. The van der Waals surface area contributed by atoms with Crippen LogP contribution in [0.1, 0.15) is 45.4 Å². The third-order valence-electron chi connectivity index (χ3n) is 1.79. The highest BCUT2D eigenvalue weighted by Gasteiger charge is 1.95. The number of hydrogen-bond donors (Lipinski definition) is 0. The summed E-state index contributed by atoms with van der Waals surface area (Å²) in [6.07, 6.45) is 9.00. The first kappa shape index (κ1) is 10.5. The Hall–Kier alpha value is -0.530. The summed E-state index contributed by atoms with van der Waals surface area (Å²) >= 11 is 0. The minimum Gasteiger partial charge on any atom is -0.469 e. The number of hydrogen-bond acceptors (Lipinski definition) is 2.